The van der Waals surface area contributed by atoms with Crippen LogP contribution in [-0.4, -0.2) is 131 Å². The number of hydrogen-bond donors (Lipinski definition) is 7. The predicted octanol–water partition coefficient (Wildman–Crippen LogP) is 0.528. The first-order valence-electron chi connectivity index (χ1n) is 19.1. The van der Waals surface area contributed by atoms with Gasteiger partial charge in [0.25, 0.3) is 0 Å². The Kier molecular flexibility index (Phi) is 13.7. The highest BCUT2D eigenvalue weighted by atomic mass is 16.6. The predicted molar refractivity (Wildman–Crippen MR) is 191 cm³/mol. The van der Waals surface area contributed by atoms with Crippen molar-refractivity contribution in [1.82, 2.24) is 26.0 Å². The molecule has 14 nitrogen and oxygen atoms in total. The Morgan fingerprint density at radius 1 is 1.14 bits per heavy atom. The first kappa shape index (κ1) is 39.0. The van der Waals surface area contributed by atoms with E-state index >= 15 is 0 Å². The number of allylic oxidation sites excluding steroid dienone is 1. The summed E-state index contributed by atoms with van der Waals surface area (Å²) >= 11 is 0. The van der Waals surface area contributed by atoms with Crippen LogP contribution >= 0.6 is 0 Å². The smallest absolute Gasteiger partial charge is 0.373 e. The molecule has 16 heteroatoms. The lowest BCUT2D eigenvalue weighted by molar-refractivity contribution is -0.609. The van der Waals surface area contributed by atoms with Gasteiger partial charge in [-0.1, -0.05) is 19.1 Å². The Morgan fingerprint density at radius 2 is 1.92 bits per heavy atom. The molecule has 0 saturated carbocycles. The van der Waals surface area contributed by atoms with Gasteiger partial charge in [-0.05, 0) is 85.0 Å². The van der Waals surface area contributed by atoms with Crippen LogP contribution in [0.1, 0.15) is 90.9 Å². The zero-order valence-corrected chi connectivity index (χ0v) is 30.6. The molecule has 2 fully saturated rings. The van der Waals surface area contributed by atoms with Gasteiger partial charge in [0.05, 0.1) is 36.8 Å². The number of esters is 1. The van der Waals surface area contributed by atoms with E-state index in [4.69, 9.17) is 14.2 Å². The van der Waals surface area contributed by atoms with E-state index in [1.54, 1.807) is 18.5 Å². The van der Waals surface area contributed by atoms with Crippen LogP contribution < -0.4 is 21.1 Å². The van der Waals surface area contributed by atoms with Crippen molar-refractivity contribution in [2.75, 3.05) is 32.8 Å². The molecule has 2 spiro atoms. The molecule has 5 rings (SSSR count). The monoisotopic (exact) mass is 703 g/mol. The second-order valence-electron chi connectivity index (χ2n) is 15.0. The highest BCUT2D eigenvalue weighted by Crippen LogP contribution is 2.45. The number of carbonyl (C=O) groups is 2. The maximum atomic E-state index is 14.2. The molecule has 1 amide bonds. The van der Waals surface area contributed by atoms with Gasteiger partial charge in [-0.15, -0.1) is 0 Å². The number of nitrogens with one attached hydrogen (secondary N) is 4. The molecule has 1 unspecified atom stereocenters. The third-order valence-corrected chi connectivity index (χ3v) is 10.9. The number of nitrogens with zero attached hydrogens (tertiary/aromatic N) is 2. The highest BCUT2D eigenvalue weighted by molar-refractivity contribution is 6.45. The summed E-state index contributed by atoms with van der Waals surface area (Å²) in [6, 6.07) is 0.109. The number of rotatable bonds is 16. The second kappa shape index (κ2) is 17.5. The molecule has 0 aliphatic carbocycles. The fourth-order valence-corrected chi connectivity index (χ4v) is 8.59. The Hall–Kier alpha value is -2.20. The molecule has 5 heterocycles. The summed E-state index contributed by atoms with van der Waals surface area (Å²) in [7, 11) is -1.35. The molecule has 0 aromatic carbocycles. The lowest BCUT2D eigenvalue weighted by Crippen LogP contribution is -2.76. The number of guanidine groups is 1. The molecular weight excluding hydrogens is 642 g/mol. The van der Waals surface area contributed by atoms with Gasteiger partial charge in [-0.3, -0.25) is 14.2 Å². The average Bonchev–Trinajstić information content (AvgIpc) is 3.36. The molecule has 5 aliphatic rings. The summed E-state index contributed by atoms with van der Waals surface area (Å²) < 4.78 is 21.8. The van der Waals surface area contributed by atoms with Crippen LogP contribution in [-0.2, 0) is 23.8 Å². The summed E-state index contributed by atoms with van der Waals surface area (Å²) in [5, 5.41) is 43.0. The largest absolute Gasteiger partial charge is 0.465 e. The minimum atomic E-state index is -0.935. The third-order valence-electron chi connectivity index (χ3n) is 10.9. The molecule has 5 aliphatic heterocycles. The van der Waals surface area contributed by atoms with Crippen LogP contribution in [0.4, 0.5) is 0 Å². The van der Waals surface area contributed by atoms with Crippen molar-refractivity contribution in [2.24, 2.45) is 5.92 Å². The van der Waals surface area contributed by atoms with Crippen LogP contribution in [0, 0.1) is 5.92 Å². The van der Waals surface area contributed by atoms with E-state index in [0.717, 1.165) is 57.3 Å². The van der Waals surface area contributed by atoms with E-state index in [1.165, 1.54) is 0 Å². The standard InChI is InChI=1S/C34H60B2N6O8/c1-5-27-11-6-7-16-33(50-27)22-25-12-13-28-30(34(17-8-10-24(2)49-34)40-32(39-33)42(25)28)31(45)48-21-15-29(44)41(20-9-18-37-35(3)46)23-26(43)14-19-38-36(4)47/h6,11,24-28,30,37-38,43,46-47H,5,7-10,12-23H2,1-4H3,(H,39,40)/p+1/t24-,25+,26+,27+,28?,30-,33+,34-/m1/s1. The van der Waals surface area contributed by atoms with Crippen molar-refractivity contribution < 1.29 is 43.5 Å². The van der Waals surface area contributed by atoms with Crippen LogP contribution in [0.25, 0.3) is 0 Å². The molecule has 280 valence electrons. The molecule has 50 heavy (non-hydrogen) atoms. The van der Waals surface area contributed by atoms with Gasteiger partial charge in [0, 0.05) is 32.4 Å². The summed E-state index contributed by atoms with van der Waals surface area (Å²) in [5.74, 6) is -0.267. The lowest BCUT2D eigenvalue weighted by Gasteiger charge is -2.50. The Bertz CT molecular complexity index is 1230. The molecule has 0 radical (unpaired) electrons. The second-order valence-corrected chi connectivity index (χ2v) is 15.0. The van der Waals surface area contributed by atoms with E-state index in [0.29, 0.717) is 38.9 Å². The van der Waals surface area contributed by atoms with Crippen molar-refractivity contribution >= 4 is 31.9 Å². The van der Waals surface area contributed by atoms with E-state index in [1.807, 2.05) is 0 Å². The Morgan fingerprint density at radius 3 is 2.66 bits per heavy atom. The summed E-state index contributed by atoms with van der Waals surface area (Å²) in [5.41, 5.74) is -1.42. The zero-order chi connectivity index (χ0) is 35.9. The topological polar surface area (TPSA) is 177 Å². The fraction of sp³-hybridized carbons (Fsp3) is 0.853. The Balaban J connectivity index is 1.26. The van der Waals surface area contributed by atoms with Gasteiger partial charge < -0.3 is 44.7 Å². The van der Waals surface area contributed by atoms with E-state index < -0.39 is 37.6 Å². The molecule has 0 aromatic heterocycles. The van der Waals surface area contributed by atoms with Crippen molar-refractivity contribution in [2.45, 2.75) is 146 Å². The maximum absolute atomic E-state index is 14.2. The normalized spacial score (nSPS) is 32.2. The zero-order valence-electron chi connectivity index (χ0n) is 30.6. The minimum Gasteiger partial charge on any atom is -0.465 e. The van der Waals surface area contributed by atoms with Crippen molar-refractivity contribution in [3.8, 4) is 0 Å². The maximum Gasteiger partial charge on any atom is 0.373 e. The third kappa shape index (κ3) is 9.61. The molecule has 7 N–H and O–H groups in total. The molecule has 2 saturated heterocycles. The molecule has 0 bridgehead atoms. The van der Waals surface area contributed by atoms with E-state index in [2.05, 4.69) is 51.7 Å². The average molecular weight is 704 g/mol. The SMILES string of the molecule is CC[C@H]1C=CCC[C@@]2(C[C@@H]3CCC4[C@H](C(=O)OCCC(=O)N(CCCNB(C)O)C[C@@H](O)CCNB(C)O)[C@]5(CCC[C@@H](C)O5)NC(=[N+]43)N2)O1. The number of aliphatic hydroxyl groups excluding tert-OH is 1. The van der Waals surface area contributed by atoms with Gasteiger partial charge in [0.1, 0.15) is 6.61 Å². The van der Waals surface area contributed by atoms with Gasteiger partial charge in [0.2, 0.25) is 11.6 Å². The van der Waals surface area contributed by atoms with Crippen LogP contribution in [0.15, 0.2) is 12.2 Å². The molecule has 0 aromatic rings. The van der Waals surface area contributed by atoms with E-state index in [9.17, 15) is 24.7 Å². The minimum absolute atomic E-state index is 0.0128. The van der Waals surface area contributed by atoms with Crippen molar-refractivity contribution in [1.29, 1.82) is 0 Å². The quantitative estimate of drug-likeness (QED) is 0.0391. The van der Waals surface area contributed by atoms with Crippen molar-refractivity contribution in [3.05, 3.63) is 12.2 Å². The number of carbonyl (C=O) groups excluding carboxylic acids is 2. The summed E-state index contributed by atoms with van der Waals surface area (Å²) in [4.78, 5) is 29.2. The first-order chi connectivity index (χ1) is 23.9. The number of hydrogen-bond acceptors (Lipinski definition) is 12. The first-order valence-corrected chi connectivity index (χ1v) is 19.1. The highest BCUT2D eigenvalue weighted by Gasteiger charge is 2.64. The number of ether oxygens (including phenoxy) is 3. The Labute approximate surface area is 298 Å². The number of aliphatic hydroxyl groups is 1. The summed E-state index contributed by atoms with van der Waals surface area (Å²) in [6.45, 7) is 8.77. The lowest BCUT2D eigenvalue weighted by atomic mass is 9.80. The molecule has 8 atom stereocenters. The van der Waals surface area contributed by atoms with Crippen LogP contribution in [0.2, 0.25) is 13.6 Å². The van der Waals surface area contributed by atoms with Gasteiger partial charge >= 0.3 is 26.0 Å². The summed E-state index contributed by atoms with van der Waals surface area (Å²) in [6.07, 6.45) is 12.4. The van der Waals surface area contributed by atoms with Gasteiger partial charge in [-0.25, -0.2) is 10.6 Å². The van der Waals surface area contributed by atoms with Crippen molar-refractivity contribution in [3.63, 3.8) is 0 Å². The van der Waals surface area contributed by atoms with Crippen LogP contribution in [0.5, 0.6) is 0 Å². The number of amides is 1. The van der Waals surface area contributed by atoms with Gasteiger partial charge in [-0.2, -0.15) is 0 Å². The van der Waals surface area contributed by atoms with Gasteiger partial charge in [0.15, 0.2) is 11.6 Å². The van der Waals surface area contributed by atoms with E-state index in [-0.39, 0.29) is 55.7 Å². The fourth-order valence-electron chi connectivity index (χ4n) is 8.59. The molecular formula is C34H61B2N6O8+. The van der Waals surface area contributed by atoms with Crippen LogP contribution in [0.3, 0.4) is 0 Å².